The van der Waals surface area contributed by atoms with Crippen molar-refractivity contribution in [2.75, 3.05) is 0 Å². The Morgan fingerprint density at radius 1 is 0.568 bits per heavy atom. The third-order valence-corrected chi connectivity index (χ3v) is 8.49. The SMILES string of the molecule is CCCCCCCCCCCc1cccc2c(CCCCCCCCCCC)c(S(=O)(=O)[O-])ccc12.[Na+]. The van der Waals surface area contributed by atoms with Crippen molar-refractivity contribution < 1.29 is 42.5 Å². The molecule has 0 aliphatic rings. The Morgan fingerprint density at radius 2 is 1.03 bits per heavy atom. The first-order valence-electron chi connectivity index (χ1n) is 15.0. The van der Waals surface area contributed by atoms with Gasteiger partial charge in [0.2, 0.25) is 0 Å². The summed E-state index contributed by atoms with van der Waals surface area (Å²) in [5, 5.41) is 2.08. The van der Waals surface area contributed by atoms with Gasteiger partial charge in [0, 0.05) is 0 Å². The molecule has 3 nitrogen and oxygen atoms in total. The molecule has 0 aromatic heterocycles. The summed E-state index contributed by atoms with van der Waals surface area (Å²) in [7, 11) is -4.48. The fourth-order valence-corrected chi connectivity index (χ4v) is 6.16. The second kappa shape index (κ2) is 20.5. The number of benzene rings is 2. The van der Waals surface area contributed by atoms with Gasteiger partial charge in [-0.3, -0.25) is 0 Å². The summed E-state index contributed by atoms with van der Waals surface area (Å²) in [5.41, 5.74) is 2.01. The molecule has 0 spiro atoms. The maximum Gasteiger partial charge on any atom is 1.00 e. The van der Waals surface area contributed by atoms with Crippen LogP contribution in [-0.2, 0) is 23.0 Å². The number of hydrogen-bond acceptors (Lipinski definition) is 3. The van der Waals surface area contributed by atoms with Crippen LogP contribution >= 0.6 is 0 Å². The first-order chi connectivity index (χ1) is 17.5. The van der Waals surface area contributed by atoms with Crippen LogP contribution in [-0.4, -0.2) is 13.0 Å². The molecule has 0 aliphatic carbocycles. The molecule has 0 radical (unpaired) electrons. The second-order valence-electron chi connectivity index (χ2n) is 10.7. The summed E-state index contributed by atoms with van der Waals surface area (Å²) in [6.45, 7) is 4.50. The first kappa shape index (κ1) is 34.6. The van der Waals surface area contributed by atoms with Gasteiger partial charge < -0.3 is 4.55 Å². The van der Waals surface area contributed by atoms with Gasteiger partial charge in [-0.15, -0.1) is 0 Å². The smallest absolute Gasteiger partial charge is 0.744 e. The molecule has 0 heterocycles. The van der Waals surface area contributed by atoms with Crippen LogP contribution in [0.3, 0.4) is 0 Å². The van der Waals surface area contributed by atoms with Gasteiger partial charge in [-0.05, 0) is 53.6 Å². The summed E-state index contributed by atoms with van der Waals surface area (Å²) >= 11 is 0. The van der Waals surface area contributed by atoms with Gasteiger partial charge in [0.1, 0.15) is 10.1 Å². The zero-order valence-electron chi connectivity index (χ0n) is 24.2. The van der Waals surface area contributed by atoms with E-state index in [0.717, 1.165) is 42.0 Å². The number of aryl methyl sites for hydroxylation is 2. The van der Waals surface area contributed by atoms with Crippen molar-refractivity contribution in [3.05, 3.63) is 41.5 Å². The van der Waals surface area contributed by atoms with Crippen molar-refractivity contribution in [3.8, 4) is 0 Å². The van der Waals surface area contributed by atoms with E-state index >= 15 is 0 Å². The molecule has 5 heteroatoms. The number of rotatable bonds is 21. The topological polar surface area (TPSA) is 57.2 Å². The number of fused-ring (bicyclic) bond motifs is 1. The Bertz CT molecular complexity index is 971. The molecule has 0 aliphatic heterocycles. The standard InChI is InChI=1S/C32H52O3S.Na/c1-3-5-7-9-11-13-15-17-19-22-28-23-21-25-30-29(28)26-27-32(36(33,34)35)31(30)24-20-18-16-14-12-10-8-6-4-2;/h21,23,25-27H,3-20,22,24H2,1-2H3,(H,33,34,35);/q;+1/p-1. The van der Waals surface area contributed by atoms with Crippen molar-refractivity contribution in [2.45, 2.75) is 147 Å². The molecule has 2 rings (SSSR count). The van der Waals surface area contributed by atoms with Crippen molar-refractivity contribution in [1.29, 1.82) is 0 Å². The maximum absolute atomic E-state index is 12.0. The van der Waals surface area contributed by atoms with Gasteiger partial charge >= 0.3 is 29.6 Å². The quantitative estimate of drug-likeness (QED) is 0.0987. The molecule has 204 valence electrons. The van der Waals surface area contributed by atoms with E-state index in [0.29, 0.717) is 6.42 Å². The predicted molar refractivity (Wildman–Crippen MR) is 154 cm³/mol. The summed E-state index contributed by atoms with van der Waals surface area (Å²) in [6, 6.07) is 9.64. The van der Waals surface area contributed by atoms with Gasteiger partial charge in [-0.25, -0.2) is 8.42 Å². The molecule has 0 bridgehead atoms. The monoisotopic (exact) mass is 538 g/mol. The summed E-state index contributed by atoms with van der Waals surface area (Å²) < 4.78 is 36.1. The summed E-state index contributed by atoms with van der Waals surface area (Å²) in [6.07, 6.45) is 24.4. The molecule has 2 aromatic rings. The second-order valence-corrected chi connectivity index (χ2v) is 12.0. The van der Waals surface area contributed by atoms with Crippen molar-refractivity contribution >= 4 is 20.9 Å². The number of hydrogen-bond donors (Lipinski definition) is 0. The van der Waals surface area contributed by atoms with Crippen molar-refractivity contribution in [1.82, 2.24) is 0 Å². The maximum atomic E-state index is 12.0. The fourth-order valence-electron chi connectivity index (χ4n) is 5.41. The summed E-state index contributed by atoms with van der Waals surface area (Å²) in [4.78, 5) is -0.0187. The fraction of sp³-hybridized carbons (Fsp3) is 0.688. The van der Waals surface area contributed by atoms with E-state index in [2.05, 4.69) is 19.9 Å². The predicted octanol–water partition coefficient (Wildman–Crippen LogP) is 6.89. The van der Waals surface area contributed by atoms with E-state index < -0.39 is 10.1 Å². The average molecular weight is 539 g/mol. The molecular weight excluding hydrogens is 487 g/mol. The van der Waals surface area contributed by atoms with E-state index in [1.807, 2.05) is 18.2 Å². The van der Waals surface area contributed by atoms with Crippen LogP contribution < -0.4 is 29.6 Å². The molecule has 0 amide bonds. The molecule has 0 saturated carbocycles. The minimum Gasteiger partial charge on any atom is -0.744 e. The van der Waals surface area contributed by atoms with Crippen LogP contribution in [0.5, 0.6) is 0 Å². The Morgan fingerprint density at radius 3 is 1.51 bits per heavy atom. The van der Waals surface area contributed by atoms with Crippen LogP contribution in [0.25, 0.3) is 10.8 Å². The van der Waals surface area contributed by atoms with Crippen LogP contribution in [0, 0.1) is 0 Å². The first-order valence-corrected chi connectivity index (χ1v) is 16.4. The molecule has 0 fully saturated rings. The molecular formula is C32H51NaO3S. The van der Waals surface area contributed by atoms with Crippen molar-refractivity contribution in [3.63, 3.8) is 0 Å². The Kier molecular flexibility index (Phi) is 19.2. The average Bonchev–Trinajstić information content (AvgIpc) is 2.86. The molecule has 37 heavy (non-hydrogen) atoms. The summed E-state index contributed by atoms with van der Waals surface area (Å²) in [5.74, 6) is 0. The third-order valence-electron chi connectivity index (χ3n) is 7.57. The van der Waals surface area contributed by atoms with Crippen LogP contribution in [0.2, 0.25) is 0 Å². The van der Waals surface area contributed by atoms with E-state index in [9.17, 15) is 13.0 Å². The normalized spacial score (nSPS) is 11.6. The molecule has 0 saturated heterocycles. The van der Waals surface area contributed by atoms with E-state index in [1.54, 1.807) is 6.07 Å². The van der Waals surface area contributed by atoms with Gasteiger partial charge in [-0.1, -0.05) is 141 Å². The minimum atomic E-state index is -4.48. The van der Waals surface area contributed by atoms with Gasteiger partial charge in [-0.2, -0.15) is 0 Å². The van der Waals surface area contributed by atoms with Gasteiger partial charge in [0.15, 0.2) is 0 Å². The van der Waals surface area contributed by atoms with Gasteiger partial charge in [0.05, 0.1) is 4.90 Å². The third kappa shape index (κ3) is 13.5. The molecule has 0 N–H and O–H groups in total. The number of unbranched alkanes of at least 4 members (excludes halogenated alkanes) is 16. The van der Waals surface area contributed by atoms with E-state index in [4.69, 9.17) is 0 Å². The molecule has 0 atom stereocenters. The Labute approximate surface area is 250 Å². The zero-order chi connectivity index (χ0) is 26.1. The van der Waals surface area contributed by atoms with E-state index in [-0.39, 0.29) is 34.5 Å². The van der Waals surface area contributed by atoms with Gasteiger partial charge in [0.25, 0.3) is 0 Å². The Balaban J connectivity index is 0.00000684. The minimum absolute atomic E-state index is 0. The van der Waals surface area contributed by atoms with Crippen LogP contribution in [0.4, 0.5) is 0 Å². The van der Waals surface area contributed by atoms with Crippen LogP contribution in [0.1, 0.15) is 141 Å². The van der Waals surface area contributed by atoms with E-state index in [1.165, 1.54) is 102 Å². The van der Waals surface area contributed by atoms with Crippen LogP contribution in [0.15, 0.2) is 35.2 Å². The zero-order valence-corrected chi connectivity index (χ0v) is 27.0. The molecule has 0 unspecified atom stereocenters. The molecule has 2 aromatic carbocycles. The largest absolute Gasteiger partial charge is 1.00 e. The Hall–Kier alpha value is -0.390. The van der Waals surface area contributed by atoms with Crippen molar-refractivity contribution in [2.24, 2.45) is 0 Å².